The Morgan fingerprint density at radius 2 is 1.90 bits per heavy atom. The molecule has 20 heavy (non-hydrogen) atoms. The third-order valence-electron chi connectivity index (χ3n) is 3.62. The quantitative estimate of drug-likeness (QED) is 0.642. The number of nitrogens with zero attached hydrogens (tertiary/aromatic N) is 2. The SMILES string of the molecule is CC1CCc2ccccc2N1c1nc(Cl)c(Cl)cc1Cl. The zero-order chi connectivity index (χ0) is 14.3. The Balaban J connectivity index is 2.16. The minimum atomic E-state index is 0.279. The first-order chi connectivity index (χ1) is 9.58. The predicted molar refractivity (Wildman–Crippen MR) is 85.6 cm³/mol. The molecule has 0 saturated carbocycles. The van der Waals surface area contributed by atoms with Gasteiger partial charge in [-0.05, 0) is 37.5 Å². The van der Waals surface area contributed by atoms with E-state index in [9.17, 15) is 0 Å². The summed E-state index contributed by atoms with van der Waals surface area (Å²) < 4.78 is 0. The maximum Gasteiger partial charge on any atom is 0.153 e. The summed E-state index contributed by atoms with van der Waals surface area (Å²) in [5.41, 5.74) is 2.44. The number of anilines is 2. The standard InChI is InChI=1S/C15H13Cl3N2/c1-9-6-7-10-4-2-3-5-13(10)20(9)15-12(17)8-11(16)14(18)19-15/h2-5,8-9H,6-7H2,1H3. The van der Waals surface area contributed by atoms with Gasteiger partial charge in [0.05, 0.1) is 10.0 Å². The molecule has 1 aliphatic heterocycles. The highest BCUT2D eigenvalue weighted by Crippen LogP contribution is 2.40. The van der Waals surface area contributed by atoms with Crippen molar-refractivity contribution in [3.63, 3.8) is 0 Å². The van der Waals surface area contributed by atoms with E-state index in [-0.39, 0.29) is 5.15 Å². The lowest BCUT2D eigenvalue weighted by Gasteiger charge is -2.36. The van der Waals surface area contributed by atoms with Crippen LogP contribution in [0.2, 0.25) is 15.2 Å². The molecule has 2 heterocycles. The highest BCUT2D eigenvalue weighted by molar-refractivity contribution is 6.43. The van der Waals surface area contributed by atoms with Crippen LogP contribution in [0.3, 0.4) is 0 Å². The van der Waals surface area contributed by atoms with Crippen LogP contribution in [0, 0.1) is 0 Å². The average molecular weight is 328 g/mol. The molecule has 0 bridgehead atoms. The van der Waals surface area contributed by atoms with Crippen molar-refractivity contribution in [1.82, 2.24) is 4.98 Å². The lowest BCUT2D eigenvalue weighted by Crippen LogP contribution is -2.34. The van der Waals surface area contributed by atoms with Crippen LogP contribution in [0.15, 0.2) is 30.3 Å². The second kappa shape index (κ2) is 5.44. The molecule has 1 unspecified atom stereocenters. The molecule has 0 N–H and O–H groups in total. The van der Waals surface area contributed by atoms with E-state index in [4.69, 9.17) is 34.8 Å². The summed E-state index contributed by atoms with van der Waals surface area (Å²) in [5.74, 6) is 0.667. The van der Waals surface area contributed by atoms with E-state index in [1.54, 1.807) is 6.07 Å². The number of hydrogen-bond donors (Lipinski definition) is 0. The summed E-state index contributed by atoms with van der Waals surface area (Å²) in [5, 5.41) is 1.17. The molecule has 2 aromatic rings. The Kier molecular flexibility index (Phi) is 3.80. The van der Waals surface area contributed by atoms with Gasteiger partial charge < -0.3 is 4.90 Å². The smallest absolute Gasteiger partial charge is 0.153 e. The first-order valence-electron chi connectivity index (χ1n) is 6.46. The first kappa shape index (κ1) is 14.0. The van der Waals surface area contributed by atoms with E-state index in [1.807, 2.05) is 6.07 Å². The van der Waals surface area contributed by atoms with Crippen molar-refractivity contribution in [3.05, 3.63) is 51.1 Å². The van der Waals surface area contributed by atoms with Gasteiger partial charge in [0.15, 0.2) is 5.82 Å². The summed E-state index contributed by atoms with van der Waals surface area (Å²) in [7, 11) is 0. The van der Waals surface area contributed by atoms with Gasteiger partial charge in [0, 0.05) is 11.7 Å². The van der Waals surface area contributed by atoms with Crippen LogP contribution in [0.1, 0.15) is 18.9 Å². The Bertz CT molecular complexity index is 658. The molecule has 1 aromatic heterocycles. The van der Waals surface area contributed by atoms with Gasteiger partial charge in [-0.2, -0.15) is 0 Å². The van der Waals surface area contributed by atoms with E-state index < -0.39 is 0 Å². The molecule has 0 amide bonds. The number of pyridine rings is 1. The molecular weight excluding hydrogens is 315 g/mol. The Hall–Kier alpha value is -0.960. The lowest BCUT2D eigenvalue weighted by atomic mass is 9.96. The van der Waals surface area contributed by atoms with Gasteiger partial charge in [0.1, 0.15) is 5.15 Å². The van der Waals surface area contributed by atoms with Crippen LogP contribution in [0.4, 0.5) is 11.5 Å². The highest BCUT2D eigenvalue weighted by atomic mass is 35.5. The zero-order valence-corrected chi connectivity index (χ0v) is 13.2. The third kappa shape index (κ3) is 2.37. The van der Waals surface area contributed by atoms with Gasteiger partial charge >= 0.3 is 0 Å². The van der Waals surface area contributed by atoms with Crippen LogP contribution in [-0.4, -0.2) is 11.0 Å². The topological polar surface area (TPSA) is 16.1 Å². The van der Waals surface area contributed by atoms with Crippen molar-refractivity contribution in [2.24, 2.45) is 0 Å². The number of para-hydroxylation sites is 1. The molecule has 1 aromatic carbocycles. The third-order valence-corrected chi connectivity index (χ3v) is 4.57. The maximum atomic E-state index is 6.32. The Morgan fingerprint density at radius 1 is 1.15 bits per heavy atom. The summed E-state index contributed by atoms with van der Waals surface area (Å²) in [4.78, 5) is 6.51. The van der Waals surface area contributed by atoms with E-state index in [2.05, 4.69) is 35.0 Å². The monoisotopic (exact) mass is 326 g/mol. The molecule has 2 nitrogen and oxygen atoms in total. The number of aromatic nitrogens is 1. The number of benzene rings is 1. The van der Waals surface area contributed by atoms with Gasteiger partial charge in [-0.25, -0.2) is 4.98 Å². The molecule has 3 rings (SSSR count). The fraction of sp³-hybridized carbons (Fsp3) is 0.267. The van der Waals surface area contributed by atoms with Crippen LogP contribution in [-0.2, 0) is 6.42 Å². The number of halogens is 3. The number of hydrogen-bond acceptors (Lipinski definition) is 2. The van der Waals surface area contributed by atoms with Gasteiger partial charge in [-0.15, -0.1) is 0 Å². The summed E-state index contributed by atoms with van der Waals surface area (Å²) in [6, 6.07) is 10.3. The molecule has 0 fully saturated rings. The molecule has 104 valence electrons. The summed E-state index contributed by atoms with van der Waals surface area (Å²) in [6.07, 6.45) is 2.11. The van der Waals surface area contributed by atoms with Gasteiger partial charge in [-0.3, -0.25) is 0 Å². The maximum absolute atomic E-state index is 6.32. The molecule has 0 spiro atoms. The molecule has 1 atom stereocenters. The molecule has 5 heteroatoms. The van der Waals surface area contributed by atoms with E-state index >= 15 is 0 Å². The summed E-state index contributed by atoms with van der Waals surface area (Å²) >= 11 is 18.3. The van der Waals surface area contributed by atoms with Crippen molar-refractivity contribution >= 4 is 46.3 Å². The normalized spacial score (nSPS) is 18.0. The average Bonchev–Trinajstić information content (AvgIpc) is 2.43. The number of rotatable bonds is 1. The number of fused-ring (bicyclic) bond motifs is 1. The molecule has 0 saturated heterocycles. The van der Waals surface area contributed by atoms with Gasteiger partial charge in [-0.1, -0.05) is 53.0 Å². The minimum absolute atomic E-state index is 0.279. The van der Waals surface area contributed by atoms with Gasteiger partial charge in [0.25, 0.3) is 0 Å². The zero-order valence-electron chi connectivity index (χ0n) is 10.9. The van der Waals surface area contributed by atoms with Crippen molar-refractivity contribution in [2.75, 3.05) is 4.90 Å². The van der Waals surface area contributed by atoms with E-state index in [1.165, 1.54) is 5.56 Å². The Labute approximate surface area is 133 Å². The largest absolute Gasteiger partial charge is 0.322 e. The van der Waals surface area contributed by atoms with Crippen molar-refractivity contribution in [1.29, 1.82) is 0 Å². The van der Waals surface area contributed by atoms with Crippen LogP contribution in [0.5, 0.6) is 0 Å². The highest BCUT2D eigenvalue weighted by Gasteiger charge is 2.27. The predicted octanol–water partition coefficient (Wildman–Crippen LogP) is 5.51. The van der Waals surface area contributed by atoms with E-state index in [0.717, 1.165) is 18.5 Å². The fourth-order valence-corrected chi connectivity index (χ4v) is 3.20. The first-order valence-corrected chi connectivity index (χ1v) is 7.60. The van der Waals surface area contributed by atoms with Crippen LogP contribution < -0.4 is 4.90 Å². The van der Waals surface area contributed by atoms with Crippen molar-refractivity contribution < 1.29 is 0 Å². The fourth-order valence-electron chi connectivity index (χ4n) is 2.62. The van der Waals surface area contributed by atoms with Gasteiger partial charge in [0.2, 0.25) is 0 Å². The molecule has 0 radical (unpaired) electrons. The Morgan fingerprint density at radius 3 is 2.70 bits per heavy atom. The lowest BCUT2D eigenvalue weighted by molar-refractivity contribution is 0.613. The van der Waals surface area contributed by atoms with E-state index in [0.29, 0.717) is 21.9 Å². The molecule has 1 aliphatic rings. The minimum Gasteiger partial charge on any atom is -0.322 e. The van der Waals surface area contributed by atoms with Crippen LogP contribution >= 0.6 is 34.8 Å². The second-order valence-electron chi connectivity index (χ2n) is 4.95. The van der Waals surface area contributed by atoms with Crippen molar-refractivity contribution in [3.8, 4) is 0 Å². The van der Waals surface area contributed by atoms with Crippen LogP contribution in [0.25, 0.3) is 0 Å². The summed E-state index contributed by atoms with van der Waals surface area (Å²) in [6.45, 7) is 2.16. The second-order valence-corrected chi connectivity index (χ2v) is 6.13. The number of aryl methyl sites for hydroxylation is 1. The molecular formula is C15H13Cl3N2. The molecule has 0 aliphatic carbocycles. The van der Waals surface area contributed by atoms with Crippen molar-refractivity contribution in [2.45, 2.75) is 25.8 Å².